The Hall–Kier alpha value is -0.710. The van der Waals surface area contributed by atoms with Gasteiger partial charge in [-0.25, -0.2) is 4.39 Å². The van der Waals surface area contributed by atoms with Crippen LogP contribution in [0.1, 0.15) is 10.4 Å². The minimum absolute atomic E-state index is 0.0738. The van der Waals surface area contributed by atoms with Gasteiger partial charge in [0.2, 0.25) is 0 Å². The quantitative estimate of drug-likeness (QED) is 0.906. The molecular weight excluding hydrogens is 313 g/mol. The van der Waals surface area contributed by atoms with Gasteiger partial charge in [-0.15, -0.1) is 11.3 Å². The van der Waals surface area contributed by atoms with Crippen molar-refractivity contribution in [2.45, 2.75) is 11.8 Å². The maximum absolute atomic E-state index is 14.0. The molecular formula is C14H13BrFNS. The molecule has 1 aliphatic rings. The highest BCUT2D eigenvalue weighted by atomic mass is 79.9. The standard InChI is InChI=1S/C14H13BrFNS/c15-10-5-11(18-7-10)6-14(8-17-9-14)12-3-1-2-4-13(12)16/h1-5,7,17H,6,8-9H2. The fourth-order valence-corrected chi connectivity index (χ4v) is 4.10. The smallest absolute Gasteiger partial charge is 0.127 e. The van der Waals surface area contributed by atoms with E-state index in [1.807, 2.05) is 12.1 Å². The number of rotatable bonds is 3. The molecule has 1 saturated heterocycles. The van der Waals surface area contributed by atoms with Crippen LogP contribution in [0.25, 0.3) is 0 Å². The molecule has 2 aromatic rings. The van der Waals surface area contributed by atoms with Crippen molar-refractivity contribution < 1.29 is 4.39 Å². The molecule has 1 aromatic carbocycles. The third kappa shape index (κ3) is 2.13. The Bertz CT molecular complexity index is 562. The molecule has 1 nitrogen and oxygen atoms in total. The first-order valence-electron chi connectivity index (χ1n) is 5.88. The summed E-state index contributed by atoms with van der Waals surface area (Å²) in [7, 11) is 0. The van der Waals surface area contributed by atoms with Crippen LogP contribution < -0.4 is 5.32 Å². The van der Waals surface area contributed by atoms with Crippen molar-refractivity contribution in [3.05, 3.63) is 56.4 Å². The number of hydrogen-bond acceptors (Lipinski definition) is 2. The first-order chi connectivity index (χ1) is 8.70. The van der Waals surface area contributed by atoms with Crippen molar-refractivity contribution in [1.82, 2.24) is 5.32 Å². The van der Waals surface area contributed by atoms with Gasteiger partial charge in [-0.05, 0) is 40.0 Å². The van der Waals surface area contributed by atoms with Crippen LogP contribution in [0.5, 0.6) is 0 Å². The van der Waals surface area contributed by atoms with Gasteiger partial charge in [0.1, 0.15) is 5.82 Å². The molecule has 94 valence electrons. The summed E-state index contributed by atoms with van der Waals surface area (Å²) < 4.78 is 15.1. The van der Waals surface area contributed by atoms with Crippen LogP contribution >= 0.6 is 27.3 Å². The van der Waals surface area contributed by atoms with Crippen molar-refractivity contribution in [3.8, 4) is 0 Å². The van der Waals surface area contributed by atoms with Gasteiger partial charge in [0.15, 0.2) is 0 Å². The SMILES string of the molecule is Fc1ccccc1C1(Cc2cc(Br)cs2)CNC1. The second-order valence-corrected chi connectivity index (χ2v) is 6.68. The molecule has 1 aliphatic heterocycles. The predicted octanol–water partition coefficient (Wildman–Crippen LogP) is 3.73. The zero-order chi connectivity index (χ0) is 12.6. The topological polar surface area (TPSA) is 12.0 Å². The first-order valence-corrected chi connectivity index (χ1v) is 7.56. The van der Waals surface area contributed by atoms with Gasteiger partial charge in [-0.3, -0.25) is 0 Å². The second-order valence-electron chi connectivity index (χ2n) is 4.77. The van der Waals surface area contributed by atoms with Gasteiger partial charge in [0, 0.05) is 33.2 Å². The van der Waals surface area contributed by atoms with Gasteiger partial charge in [-0.1, -0.05) is 18.2 Å². The number of halogens is 2. The van der Waals surface area contributed by atoms with E-state index in [0.717, 1.165) is 29.5 Å². The molecule has 1 N–H and O–H groups in total. The molecule has 0 unspecified atom stereocenters. The highest BCUT2D eigenvalue weighted by Crippen LogP contribution is 2.36. The van der Waals surface area contributed by atoms with Gasteiger partial charge in [-0.2, -0.15) is 0 Å². The molecule has 0 saturated carbocycles. The van der Waals surface area contributed by atoms with Gasteiger partial charge >= 0.3 is 0 Å². The van der Waals surface area contributed by atoms with E-state index in [9.17, 15) is 4.39 Å². The van der Waals surface area contributed by atoms with Crippen LogP contribution in [0, 0.1) is 5.82 Å². The molecule has 1 fully saturated rings. The molecule has 18 heavy (non-hydrogen) atoms. The van der Waals surface area contributed by atoms with E-state index in [-0.39, 0.29) is 11.2 Å². The lowest BCUT2D eigenvalue weighted by Crippen LogP contribution is -2.58. The summed E-state index contributed by atoms with van der Waals surface area (Å²) in [5.41, 5.74) is 0.767. The largest absolute Gasteiger partial charge is 0.315 e. The molecule has 4 heteroatoms. The Morgan fingerprint density at radius 3 is 2.67 bits per heavy atom. The third-order valence-electron chi connectivity index (χ3n) is 3.51. The summed E-state index contributed by atoms with van der Waals surface area (Å²) in [5, 5.41) is 5.36. The summed E-state index contributed by atoms with van der Waals surface area (Å²) in [4.78, 5) is 1.30. The van der Waals surface area contributed by atoms with E-state index >= 15 is 0 Å². The lowest BCUT2D eigenvalue weighted by Gasteiger charge is -2.43. The van der Waals surface area contributed by atoms with Crippen LogP contribution in [0.2, 0.25) is 0 Å². The van der Waals surface area contributed by atoms with Crippen molar-refractivity contribution in [2.75, 3.05) is 13.1 Å². The molecule has 0 aliphatic carbocycles. The maximum Gasteiger partial charge on any atom is 0.127 e. The molecule has 0 radical (unpaired) electrons. The Labute approximate surface area is 118 Å². The van der Waals surface area contributed by atoms with Crippen LogP contribution in [0.3, 0.4) is 0 Å². The molecule has 1 aromatic heterocycles. The first kappa shape index (κ1) is 12.3. The highest BCUT2D eigenvalue weighted by molar-refractivity contribution is 9.10. The lowest BCUT2D eigenvalue weighted by atomic mass is 9.72. The van der Waals surface area contributed by atoms with Crippen molar-refractivity contribution in [2.24, 2.45) is 0 Å². The van der Waals surface area contributed by atoms with E-state index in [0.29, 0.717) is 0 Å². The van der Waals surface area contributed by atoms with Crippen molar-refractivity contribution in [3.63, 3.8) is 0 Å². The van der Waals surface area contributed by atoms with E-state index in [4.69, 9.17) is 0 Å². The number of thiophene rings is 1. The number of benzene rings is 1. The monoisotopic (exact) mass is 325 g/mol. The molecule has 0 amide bonds. The average molecular weight is 326 g/mol. The van der Waals surface area contributed by atoms with Crippen molar-refractivity contribution in [1.29, 1.82) is 0 Å². The van der Waals surface area contributed by atoms with Crippen LogP contribution in [-0.4, -0.2) is 13.1 Å². The minimum atomic E-state index is -0.0883. The van der Waals surface area contributed by atoms with E-state index in [2.05, 4.69) is 32.7 Å². The summed E-state index contributed by atoms with van der Waals surface area (Å²) in [6, 6.07) is 9.27. The Kier molecular flexibility index (Phi) is 3.26. The molecule has 0 atom stereocenters. The number of nitrogens with one attached hydrogen (secondary N) is 1. The third-order valence-corrected chi connectivity index (χ3v) is 5.20. The Morgan fingerprint density at radius 2 is 2.11 bits per heavy atom. The van der Waals surface area contributed by atoms with Gasteiger partial charge in [0.05, 0.1) is 0 Å². The lowest BCUT2D eigenvalue weighted by molar-refractivity contribution is 0.267. The minimum Gasteiger partial charge on any atom is -0.315 e. The van der Waals surface area contributed by atoms with Crippen LogP contribution in [0.15, 0.2) is 40.2 Å². The zero-order valence-electron chi connectivity index (χ0n) is 9.75. The van der Waals surface area contributed by atoms with Crippen LogP contribution in [0.4, 0.5) is 4.39 Å². The fraction of sp³-hybridized carbons (Fsp3) is 0.286. The summed E-state index contributed by atoms with van der Waals surface area (Å²) in [6.07, 6.45) is 0.900. The molecule has 0 spiro atoms. The second kappa shape index (κ2) is 4.76. The van der Waals surface area contributed by atoms with Gasteiger partial charge < -0.3 is 5.32 Å². The summed E-state index contributed by atoms with van der Waals surface area (Å²) >= 11 is 5.20. The normalized spacial score (nSPS) is 17.4. The predicted molar refractivity (Wildman–Crippen MR) is 76.7 cm³/mol. The van der Waals surface area contributed by atoms with Gasteiger partial charge in [0.25, 0.3) is 0 Å². The summed E-state index contributed by atoms with van der Waals surface area (Å²) in [5.74, 6) is -0.0883. The maximum atomic E-state index is 14.0. The Balaban J connectivity index is 1.93. The van der Waals surface area contributed by atoms with Crippen LogP contribution in [-0.2, 0) is 11.8 Å². The average Bonchev–Trinajstić information content (AvgIpc) is 2.71. The molecule has 3 rings (SSSR count). The van der Waals surface area contributed by atoms with E-state index < -0.39 is 0 Å². The van der Waals surface area contributed by atoms with E-state index in [1.165, 1.54) is 4.88 Å². The zero-order valence-corrected chi connectivity index (χ0v) is 12.2. The van der Waals surface area contributed by atoms with Crippen molar-refractivity contribution >= 4 is 27.3 Å². The summed E-state index contributed by atoms with van der Waals surface area (Å²) in [6.45, 7) is 1.70. The Morgan fingerprint density at radius 1 is 1.33 bits per heavy atom. The van der Waals surface area contributed by atoms with E-state index in [1.54, 1.807) is 23.5 Å². The fourth-order valence-electron chi connectivity index (χ4n) is 2.51. The molecule has 2 heterocycles. The molecule has 0 bridgehead atoms. The highest BCUT2D eigenvalue weighted by Gasteiger charge is 2.40. The number of hydrogen-bond donors (Lipinski definition) is 1.